The summed E-state index contributed by atoms with van der Waals surface area (Å²) in [5.74, 6) is -2.52. The van der Waals surface area contributed by atoms with Crippen molar-refractivity contribution in [2.75, 3.05) is 20.2 Å². The van der Waals surface area contributed by atoms with Crippen LogP contribution in [0.25, 0.3) is 0 Å². The minimum atomic E-state index is -1.18. The van der Waals surface area contributed by atoms with Crippen molar-refractivity contribution in [3.05, 3.63) is 35.4 Å². The number of benzene rings is 1. The number of hydrogen-bond acceptors (Lipinski definition) is 7. The summed E-state index contributed by atoms with van der Waals surface area (Å²) in [6, 6.07) is 4.71. The van der Waals surface area contributed by atoms with Crippen LogP contribution < -0.4 is 16.4 Å². The van der Waals surface area contributed by atoms with E-state index in [1.807, 2.05) is 0 Å². The molecule has 0 bridgehead atoms. The number of carbonyl (C=O) groups excluding carboxylic acids is 5. The Morgan fingerprint density at radius 2 is 1.74 bits per heavy atom. The molecule has 1 rings (SSSR count). The number of primary amides is 1. The highest BCUT2D eigenvalue weighted by Gasteiger charge is 2.36. The molecule has 35 heavy (non-hydrogen) atoms. The summed E-state index contributed by atoms with van der Waals surface area (Å²) in [4.78, 5) is 63.6. The third-order valence-corrected chi connectivity index (χ3v) is 4.97. The van der Waals surface area contributed by atoms with Gasteiger partial charge in [-0.05, 0) is 52.2 Å². The number of alkyl carbamates (subject to hydrolysis) is 1. The molecule has 4 amide bonds. The monoisotopic (exact) mass is 492 g/mol. The predicted molar refractivity (Wildman–Crippen MR) is 128 cm³/mol. The molecule has 0 saturated carbocycles. The van der Waals surface area contributed by atoms with Crippen molar-refractivity contribution in [3.8, 4) is 0 Å². The minimum absolute atomic E-state index is 0.0891. The van der Waals surface area contributed by atoms with E-state index >= 15 is 0 Å². The number of nitrogens with one attached hydrogen (secondary N) is 2. The summed E-state index contributed by atoms with van der Waals surface area (Å²) >= 11 is 0. The Balaban J connectivity index is 3.36. The van der Waals surface area contributed by atoms with Gasteiger partial charge in [0.25, 0.3) is 0 Å². The minimum Gasteiger partial charge on any atom is -0.468 e. The maximum atomic E-state index is 13.6. The van der Waals surface area contributed by atoms with E-state index in [1.54, 1.807) is 58.9 Å². The second-order valence-electron chi connectivity index (χ2n) is 8.88. The molecule has 0 aliphatic heterocycles. The molecule has 0 aliphatic rings. The first-order chi connectivity index (χ1) is 16.3. The molecule has 0 saturated heterocycles. The molecular weight excluding hydrogens is 456 g/mol. The molecule has 0 fully saturated rings. The second-order valence-corrected chi connectivity index (χ2v) is 8.88. The molecule has 194 valence electrons. The molecule has 0 heterocycles. The number of aryl methyl sites for hydroxylation is 1. The Morgan fingerprint density at radius 3 is 2.26 bits per heavy atom. The molecule has 11 heteroatoms. The molecule has 2 unspecified atom stereocenters. The molecule has 0 radical (unpaired) electrons. The molecular formula is C24H36N4O7. The summed E-state index contributed by atoms with van der Waals surface area (Å²) in [7, 11) is 1.20. The maximum Gasteiger partial charge on any atom is 0.408 e. The van der Waals surface area contributed by atoms with Gasteiger partial charge in [-0.3, -0.25) is 19.2 Å². The van der Waals surface area contributed by atoms with Gasteiger partial charge in [-0.25, -0.2) is 4.79 Å². The van der Waals surface area contributed by atoms with Crippen LogP contribution in [0.15, 0.2) is 24.3 Å². The topological polar surface area (TPSA) is 157 Å². The van der Waals surface area contributed by atoms with Gasteiger partial charge in [-0.2, -0.15) is 0 Å². The van der Waals surface area contributed by atoms with Crippen LogP contribution in [0.3, 0.4) is 0 Å². The lowest BCUT2D eigenvalue weighted by atomic mass is 9.97. The Hall–Kier alpha value is -3.63. The van der Waals surface area contributed by atoms with Crippen LogP contribution >= 0.6 is 0 Å². The van der Waals surface area contributed by atoms with Crippen LogP contribution in [0, 0.1) is 6.92 Å². The van der Waals surface area contributed by atoms with Crippen molar-refractivity contribution in [3.63, 3.8) is 0 Å². The average molecular weight is 493 g/mol. The first kappa shape index (κ1) is 29.4. The van der Waals surface area contributed by atoms with Gasteiger partial charge < -0.3 is 30.7 Å². The van der Waals surface area contributed by atoms with Crippen LogP contribution in [-0.4, -0.2) is 66.5 Å². The standard InChI is InChI=1S/C24H36N4O7/c1-7-28(22(32)17(12-13-18(25)29)27-23(33)35-24(3,4)5)20(16-11-9-8-10-15(16)2)21(31)26-14-19(30)34-6/h8-11,17,20H,7,12-14H2,1-6H3,(H2,25,29)(H,26,31)(H,27,33). The van der Waals surface area contributed by atoms with Gasteiger partial charge in [0.15, 0.2) is 0 Å². The van der Waals surface area contributed by atoms with Crippen molar-refractivity contribution in [2.45, 2.75) is 65.1 Å². The number of ether oxygens (including phenoxy) is 2. The molecule has 0 aliphatic carbocycles. The van der Waals surface area contributed by atoms with Crippen LogP contribution in [0.4, 0.5) is 4.79 Å². The highest BCUT2D eigenvalue weighted by molar-refractivity contribution is 5.93. The zero-order valence-corrected chi connectivity index (χ0v) is 21.2. The Bertz CT molecular complexity index is 927. The number of nitrogens with two attached hydrogens (primary N) is 1. The predicted octanol–water partition coefficient (Wildman–Crippen LogP) is 1.33. The zero-order chi connectivity index (χ0) is 26.8. The van der Waals surface area contributed by atoms with E-state index in [0.29, 0.717) is 5.56 Å². The number of nitrogens with zero attached hydrogens (tertiary/aromatic N) is 1. The van der Waals surface area contributed by atoms with E-state index in [0.717, 1.165) is 5.56 Å². The van der Waals surface area contributed by atoms with E-state index in [1.165, 1.54) is 12.0 Å². The Kier molecular flexibility index (Phi) is 11.2. The summed E-state index contributed by atoms with van der Waals surface area (Å²) in [5, 5.41) is 4.99. The fourth-order valence-electron chi connectivity index (χ4n) is 3.33. The summed E-state index contributed by atoms with van der Waals surface area (Å²) in [6.45, 7) is 8.19. The lowest BCUT2D eigenvalue weighted by Gasteiger charge is -2.34. The quantitative estimate of drug-likeness (QED) is 0.393. The maximum absolute atomic E-state index is 13.6. The van der Waals surface area contributed by atoms with E-state index in [4.69, 9.17) is 10.5 Å². The molecule has 11 nitrogen and oxygen atoms in total. The van der Waals surface area contributed by atoms with Crippen LogP contribution in [0.5, 0.6) is 0 Å². The molecule has 0 spiro atoms. The zero-order valence-electron chi connectivity index (χ0n) is 21.2. The van der Waals surface area contributed by atoms with Crippen molar-refractivity contribution in [1.82, 2.24) is 15.5 Å². The van der Waals surface area contributed by atoms with Gasteiger partial charge in [0.1, 0.15) is 24.2 Å². The Morgan fingerprint density at radius 1 is 1.11 bits per heavy atom. The second kappa shape index (κ2) is 13.3. The number of esters is 1. The highest BCUT2D eigenvalue weighted by Crippen LogP contribution is 2.26. The lowest BCUT2D eigenvalue weighted by molar-refractivity contribution is -0.144. The van der Waals surface area contributed by atoms with Gasteiger partial charge in [0, 0.05) is 13.0 Å². The van der Waals surface area contributed by atoms with Crippen LogP contribution in [-0.2, 0) is 28.7 Å². The lowest BCUT2D eigenvalue weighted by Crippen LogP contribution is -2.53. The Labute approximate surface area is 205 Å². The fourth-order valence-corrected chi connectivity index (χ4v) is 3.33. The van der Waals surface area contributed by atoms with Gasteiger partial charge in [-0.15, -0.1) is 0 Å². The van der Waals surface area contributed by atoms with E-state index in [9.17, 15) is 24.0 Å². The number of likely N-dealkylation sites (N-methyl/N-ethyl adjacent to an activating group) is 1. The largest absolute Gasteiger partial charge is 0.468 e. The molecule has 1 aromatic carbocycles. The normalized spacial score (nSPS) is 12.6. The third-order valence-electron chi connectivity index (χ3n) is 4.97. The fraction of sp³-hybridized carbons (Fsp3) is 0.542. The van der Waals surface area contributed by atoms with Gasteiger partial charge >= 0.3 is 12.1 Å². The van der Waals surface area contributed by atoms with Crippen molar-refractivity contribution in [2.24, 2.45) is 5.73 Å². The molecule has 0 aromatic heterocycles. The van der Waals surface area contributed by atoms with E-state index in [2.05, 4.69) is 15.4 Å². The number of carbonyl (C=O) groups is 5. The molecule has 4 N–H and O–H groups in total. The smallest absolute Gasteiger partial charge is 0.408 e. The van der Waals surface area contributed by atoms with E-state index < -0.39 is 47.5 Å². The average Bonchev–Trinajstić information content (AvgIpc) is 2.77. The first-order valence-electron chi connectivity index (χ1n) is 11.3. The summed E-state index contributed by atoms with van der Waals surface area (Å²) < 4.78 is 9.84. The number of rotatable bonds is 11. The summed E-state index contributed by atoms with van der Waals surface area (Å²) in [6.07, 6.45) is -1.11. The highest BCUT2D eigenvalue weighted by atomic mass is 16.6. The number of methoxy groups -OCH3 is 1. The first-order valence-corrected chi connectivity index (χ1v) is 11.3. The van der Waals surface area contributed by atoms with Crippen molar-refractivity contribution in [1.29, 1.82) is 0 Å². The van der Waals surface area contributed by atoms with E-state index in [-0.39, 0.29) is 25.9 Å². The molecule has 1 aromatic rings. The van der Waals surface area contributed by atoms with Gasteiger partial charge in [0.05, 0.1) is 7.11 Å². The third kappa shape index (κ3) is 9.63. The van der Waals surface area contributed by atoms with Crippen LogP contribution in [0.1, 0.15) is 57.7 Å². The summed E-state index contributed by atoms with van der Waals surface area (Å²) in [5.41, 5.74) is 5.73. The van der Waals surface area contributed by atoms with Crippen LogP contribution in [0.2, 0.25) is 0 Å². The number of amides is 4. The molecule has 2 atom stereocenters. The van der Waals surface area contributed by atoms with Gasteiger partial charge in [0.2, 0.25) is 17.7 Å². The number of hydrogen-bond donors (Lipinski definition) is 3. The van der Waals surface area contributed by atoms with Gasteiger partial charge in [-0.1, -0.05) is 24.3 Å². The van der Waals surface area contributed by atoms with Crippen molar-refractivity contribution < 1.29 is 33.4 Å². The SMILES string of the molecule is CCN(C(=O)C(CCC(N)=O)NC(=O)OC(C)(C)C)C(C(=O)NCC(=O)OC)c1ccccc1C. The van der Waals surface area contributed by atoms with Crippen molar-refractivity contribution >= 4 is 29.8 Å².